The van der Waals surface area contributed by atoms with Crippen LogP contribution in [0.4, 0.5) is 0 Å². The van der Waals surface area contributed by atoms with Gasteiger partial charge in [0.25, 0.3) is 0 Å². The molecule has 4 nitrogen and oxygen atoms in total. The lowest BCUT2D eigenvalue weighted by Crippen LogP contribution is -2.18. The molecule has 0 radical (unpaired) electrons. The SMILES string of the molecule is CCCCCC(O)C=C[C@@H]1[C@H]2CC(=O)O[C@H]2C[C@H]1O. The van der Waals surface area contributed by atoms with Crippen LogP contribution < -0.4 is 0 Å². The van der Waals surface area contributed by atoms with E-state index in [1.165, 1.54) is 0 Å². The Morgan fingerprint density at radius 2 is 2.26 bits per heavy atom. The van der Waals surface area contributed by atoms with E-state index < -0.39 is 12.2 Å². The lowest BCUT2D eigenvalue weighted by Gasteiger charge is -2.15. The molecule has 2 N–H and O–H groups in total. The van der Waals surface area contributed by atoms with Crippen molar-refractivity contribution < 1.29 is 19.7 Å². The number of carbonyl (C=O) groups excluding carboxylic acids is 1. The Morgan fingerprint density at radius 3 is 3.00 bits per heavy atom. The van der Waals surface area contributed by atoms with E-state index in [1.807, 2.05) is 6.08 Å². The van der Waals surface area contributed by atoms with Gasteiger partial charge in [-0.1, -0.05) is 38.3 Å². The minimum atomic E-state index is -0.456. The summed E-state index contributed by atoms with van der Waals surface area (Å²) in [7, 11) is 0. The molecule has 0 aromatic rings. The molecular weight excluding hydrogens is 244 g/mol. The normalized spacial score (nSPS) is 35.6. The Hall–Kier alpha value is -0.870. The predicted molar refractivity (Wildman–Crippen MR) is 71.4 cm³/mol. The highest BCUT2D eigenvalue weighted by molar-refractivity contribution is 5.72. The van der Waals surface area contributed by atoms with Crippen LogP contribution in [0.3, 0.4) is 0 Å². The van der Waals surface area contributed by atoms with Gasteiger partial charge in [-0.2, -0.15) is 0 Å². The largest absolute Gasteiger partial charge is 0.462 e. The maximum atomic E-state index is 11.2. The quantitative estimate of drug-likeness (QED) is 0.438. The second kappa shape index (κ2) is 6.53. The van der Waals surface area contributed by atoms with Gasteiger partial charge in [-0.25, -0.2) is 0 Å². The average Bonchev–Trinajstić information content (AvgIpc) is 2.82. The first-order valence-electron chi connectivity index (χ1n) is 7.35. The van der Waals surface area contributed by atoms with Crippen molar-refractivity contribution in [3.05, 3.63) is 12.2 Å². The molecule has 1 saturated heterocycles. The molecule has 4 heteroatoms. The summed E-state index contributed by atoms with van der Waals surface area (Å²) < 4.78 is 5.18. The van der Waals surface area contributed by atoms with Crippen molar-refractivity contribution in [3.8, 4) is 0 Å². The van der Waals surface area contributed by atoms with Gasteiger partial charge in [0.15, 0.2) is 0 Å². The summed E-state index contributed by atoms with van der Waals surface area (Å²) >= 11 is 0. The number of hydrogen-bond donors (Lipinski definition) is 2. The van der Waals surface area contributed by atoms with Crippen LogP contribution in [0, 0.1) is 11.8 Å². The molecule has 0 spiro atoms. The van der Waals surface area contributed by atoms with Gasteiger partial charge in [-0.3, -0.25) is 4.79 Å². The van der Waals surface area contributed by atoms with E-state index in [-0.39, 0.29) is 23.9 Å². The molecule has 0 aromatic heterocycles. The molecule has 108 valence electrons. The van der Waals surface area contributed by atoms with E-state index in [4.69, 9.17) is 4.74 Å². The third kappa shape index (κ3) is 3.57. The van der Waals surface area contributed by atoms with Crippen LogP contribution in [0.15, 0.2) is 12.2 Å². The highest BCUT2D eigenvalue weighted by Crippen LogP contribution is 2.42. The third-order valence-electron chi connectivity index (χ3n) is 4.23. The Labute approximate surface area is 114 Å². The molecule has 0 amide bonds. The minimum absolute atomic E-state index is 0.0581. The highest BCUT2D eigenvalue weighted by atomic mass is 16.6. The van der Waals surface area contributed by atoms with E-state index >= 15 is 0 Å². The molecule has 1 unspecified atom stereocenters. The number of esters is 1. The summed E-state index contributed by atoms with van der Waals surface area (Å²) in [5, 5.41) is 19.8. The first-order valence-corrected chi connectivity index (χ1v) is 7.35. The summed E-state index contributed by atoms with van der Waals surface area (Å²) in [6, 6.07) is 0. The summed E-state index contributed by atoms with van der Waals surface area (Å²) in [6.07, 6.45) is 7.58. The van der Waals surface area contributed by atoms with Crippen LogP contribution in [0.1, 0.15) is 45.4 Å². The molecule has 1 aliphatic carbocycles. The van der Waals surface area contributed by atoms with Gasteiger partial charge in [0.1, 0.15) is 6.10 Å². The zero-order valence-electron chi connectivity index (χ0n) is 11.5. The fourth-order valence-corrected chi connectivity index (χ4v) is 3.14. The Balaban J connectivity index is 1.85. The van der Waals surface area contributed by atoms with Crippen LogP contribution in [0.25, 0.3) is 0 Å². The monoisotopic (exact) mass is 268 g/mol. The van der Waals surface area contributed by atoms with E-state index in [9.17, 15) is 15.0 Å². The number of ether oxygens (including phenoxy) is 1. The van der Waals surface area contributed by atoms with Gasteiger partial charge in [0.05, 0.1) is 18.6 Å². The van der Waals surface area contributed by atoms with Crippen LogP contribution in [-0.2, 0) is 9.53 Å². The predicted octanol–water partition coefficient (Wildman–Crippen LogP) is 1.80. The first-order chi connectivity index (χ1) is 9.11. The third-order valence-corrected chi connectivity index (χ3v) is 4.23. The van der Waals surface area contributed by atoms with Crippen LogP contribution in [0.2, 0.25) is 0 Å². The van der Waals surface area contributed by atoms with Crippen molar-refractivity contribution in [1.82, 2.24) is 0 Å². The Morgan fingerprint density at radius 1 is 1.47 bits per heavy atom. The number of carbonyl (C=O) groups is 1. The highest BCUT2D eigenvalue weighted by Gasteiger charge is 2.48. The second-order valence-electron chi connectivity index (χ2n) is 5.72. The Bertz CT molecular complexity index is 339. The molecule has 1 aliphatic heterocycles. The first kappa shape index (κ1) is 14.5. The lowest BCUT2D eigenvalue weighted by atomic mass is 9.91. The molecular formula is C15H24O4. The van der Waals surface area contributed by atoms with Crippen molar-refractivity contribution in [3.63, 3.8) is 0 Å². The van der Waals surface area contributed by atoms with Gasteiger partial charge in [-0.15, -0.1) is 0 Å². The van der Waals surface area contributed by atoms with Crippen molar-refractivity contribution >= 4 is 5.97 Å². The van der Waals surface area contributed by atoms with Crippen molar-refractivity contribution in [2.45, 2.75) is 63.8 Å². The summed E-state index contributed by atoms with van der Waals surface area (Å²) in [5.74, 6) is -0.136. The molecule has 1 saturated carbocycles. The van der Waals surface area contributed by atoms with Crippen LogP contribution in [0.5, 0.6) is 0 Å². The van der Waals surface area contributed by atoms with Gasteiger partial charge < -0.3 is 14.9 Å². The fraction of sp³-hybridized carbons (Fsp3) is 0.800. The maximum Gasteiger partial charge on any atom is 0.306 e. The van der Waals surface area contributed by atoms with Crippen molar-refractivity contribution in [1.29, 1.82) is 0 Å². The number of hydrogen-bond acceptors (Lipinski definition) is 4. The number of unbranched alkanes of at least 4 members (excludes halogenated alkanes) is 2. The number of aliphatic hydroxyl groups is 2. The van der Waals surface area contributed by atoms with Crippen LogP contribution >= 0.6 is 0 Å². The van der Waals surface area contributed by atoms with E-state index in [1.54, 1.807) is 6.08 Å². The van der Waals surface area contributed by atoms with Gasteiger partial charge in [-0.05, 0) is 6.42 Å². The number of rotatable bonds is 6. The Kier molecular flexibility index (Phi) is 4.99. The van der Waals surface area contributed by atoms with E-state index in [0.29, 0.717) is 12.8 Å². The van der Waals surface area contributed by atoms with Gasteiger partial charge >= 0.3 is 5.97 Å². The summed E-state index contributed by atoms with van der Waals surface area (Å²) in [5.41, 5.74) is 0. The molecule has 0 bridgehead atoms. The molecule has 5 atom stereocenters. The molecule has 19 heavy (non-hydrogen) atoms. The van der Waals surface area contributed by atoms with Crippen molar-refractivity contribution in [2.24, 2.45) is 11.8 Å². The zero-order chi connectivity index (χ0) is 13.8. The van der Waals surface area contributed by atoms with Crippen LogP contribution in [-0.4, -0.2) is 34.5 Å². The lowest BCUT2D eigenvalue weighted by molar-refractivity contribution is -0.141. The summed E-state index contributed by atoms with van der Waals surface area (Å²) in [4.78, 5) is 11.2. The van der Waals surface area contributed by atoms with Crippen molar-refractivity contribution in [2.75, 3.05) is 0 Å². The molecule has 2 fully saturated rings. The van der Waals surface area contributed by atoms with Gasteiger partial charge in [0, 0.05) is 18.3 Å². The van der Waals surface area contributed by atoms with Gasteiger partial charge in [0.2, 0.25) is 0 Å². The van der Waals surface area contributed by atoms with E-state index in [0.717, 1.165) is 25.7 Å². The second-order valence-corrected chi connectivity index (χ2v) is 5.72. The van der Waals surface area contributed by atoms with E-state index in [2.05, 4.69) is 6.92 Å². The summed E-state index contributed by atoms with van der Waals surface area (Å²) in [6.45, 7) is 2.13. The minimum Gasteiger partial charge on any atom is -0.462 e. The molecule has 2 aliphatic rings. The molecule has 0 aromatic carbocycles. The zero-order valence-corrected chi connectivity index (χ0v) is 11.5. The molecule has 2 rings (SSSR count). The topological polar surface area (TPSA) is 66.8 Å². The number of fused-ring (bicyclic) bond motifs is 1. The molecule has 1 heterocycles. The maximum absolute atomic E-state index is 11.2. The average molecular weight is 268 g/mol. The smallest absolute Gasteiger partial charge is 0.306 e. The standard InChI is InChI=1S/C15H24O4/c1-2-3-4-5-10(16)6-7-11-12-8-15(18)19-14(12)9-13(11)17/h6-7,10-14,16-17H,2-5,8-9H2,1H3/t10?,11-,12-,13-,14+/m1/s1. The fourth-order valence-electron chi connectivity index (χ4n) is 3.14. The number of aliphatic hydroxyl groups excluding tert-OH is 2.